The zero-order chi connectivity index (χ0) is 24.5. The van der Waals surface area contributed by atoms with Crippen LogP contribution in [0.5, 0.6) is 0 Å². The maximum absolute atomic E-state index is 13.2. The molecule has 0 radical (unpaired) electrons. The van der Waals surface area contributed by atoms with Gasteiger partial charge in [-0.1, -0.05) is 38.5 Å². The first kappa shape index (κ1) is 24.6. The van der Waals surface area contributed by atoms with Gasteiger partial charge in [0.15, 0.2) is 0 Å². The lowest BCUT2D eigenvalue weighted by molar-refractivity contribution is -0.141. The molecule has 0 atom stereocenters. The fourth-order valence-electron chi connectivity index (χ4n) is 5.40. The second-order valence-corrected chi connectivity index (χ2v) is 11.2. The highest BCUT2D eigenvalue weighted by atomic mass is 32.1. The predicted octanol–water partition coefficient (Wildman–Crippen LogP) is 2.63. The Balaban J connectivity index is 1.29. The van der Waals surface area contributed by atoms with Gasteiger partial charge in [-0.05, 0) is 49.9 Å². The summed E-state index contributed by atoms with van der Waals surface area (Å²) in [4.78, 5) is 53.9. The Morgan fingerprint density at radius 1 is 1.21 bits per heavy atom. The fraction of sp³-hybridized carbons (Fsp3) is 0.739. The molecule has 0 unspecified atom stereocenters. The molecular weight excluding hydrogens is 456 g/mol. The Bertz CT molecular complexity index is 933. The lowest BCUT2D eigenvalue weighted by Gasteiger charge is -2.42. The maximum atomic E-state index is 13.2. The molecule has 1 spiro atoms. The summed E-state index contributed by atoms with van der Waals surface area (Å²) in [6.45, 7) is 7.29. The van der Waals surface area contributed by atoms with Crippen LogP contribution < -0.4 is 10.6 Å². The summed E-state index contributed by atoms with van der Waals surface area (Å²) in [6, 6.07) is -0.474. The van der Waals surface area contributed by atoms with Gasteiger partial charge >= 0.3 is 6.03 Å². The van der Waals surface area contributed by atoms with Crippen molar-refractivity contribution in [2.24, 2.45) is 17.3 Å². The molecule has 2 aliphatic heterocycles. The summed E-state index contributed by atoms with van der Waals surface area (Å²) in [7, 11) is 0. The van der Waals surface area contributed by atoms with Crippen LogP contribution in [-0.4, -0.2) is 68.9 Å². The molecule has 2 N–H and O–H groups in total. The van der Waals surface area contributed by atoms with Crippen LogP contribution in [0.4, 0.5) is 9.93 Å². The highest BCUT2D eigenvalue weighted by Gasteiger charge is 2.54. The SMILES string of the molecule is CCC(C)(C)C1CCC2(CC1)NC(=O)N(CC(=O)N1CCC(C(=O)Nc3nncs3)CC1)C2=O. The highest BCUT2D eigenvalue weighted by Crippen LogP contribution is 2.45. The number of amides is 5. The number of carbonyl (C=O) groups excluding carboxylic acids is 4. The van der Waals surface area contributed by atoms with Gasteiger partial charge in [0.25, 0.3) is 5.91 Å². The van der Waals surface area contributed by atoms with E-state index in [0.29, 0.717) is 49.8 Å². The van der Waals surface area contributed by atoms with Gasteiger partial charge in [-0.15, -0.1) is 10.2 Å². The first-order chi connectivity index (χ1) is 16.1. The molecule has 3 heterocycles. The van der Waals surface area contributed by atoms with Gasteiger partial charge in [-0.3, -0.25) is 19.3 Å². The number of carbonyl (C=O) groups is 4. The van der Waals surface area contributed by atoms with Crippen molar-refractivity contribution in [2.75, 3.05) is 25.0 Å². The van der Waals surface area contributed by atoms with Crippen LogP contribution in [0.2, 0.25) is 0 Å². The number of rotatable bonds is 6. The van der Waals surface area contributed by atoms with Crippen LogP contribution in [0.3, 0.4) is 0 Å². The molecule has 1 aliphatic carbocycles. The molecule has 1 aromatic heterocycles. The van der Waals surface area contributed by atoms with Crippen LogP contribution in [0.15, 0.2) is 5.51 Å². The van der Waals surface area contributed by atoms with Gasteiger partial charge in [0, 0.05) is 19.0 Å². The fourth-order valence-corrected chi connectivity index (χ4v) is 5.85. The number of piperidine rings is 1. The van der Waals surface area contributed by atoms with E-state index in [-0.39, 0.29) is 35.6 Å². The number of likely N-dealkylation sites (tertiary alicyclic amines) is 1. The van der Waals surface area contributed by atoms with Crippen molar-refractivity contribution in [2.45, 2.75) is 71.3 Å². The van der Waals surface area contributed by atoms with E-state index in [1.54, 1.807) is 10.4 Å². The number of nitrogens with one attached hydrogen (secondary N) is 2. The minimum absolute atomic E-state index is 0.123. The highest BCUT2D eigenvalue weighted by molar-refractivity contribution is 7.13. The van der Waals surface area contributed by atoms with Gasteiger partial charge in [-0.25, -0.2) is 4.79 Å². The molecule has 3 aliphatic rings. The maximum Gasteiger partial charge on any atom is 0.325 e. The van der Waals surface area contributed by atoms with Crippen molar-refractivity contribution in [3.05, 3.63) is 5.51 Å². The van der Waals surface area contributed by atoms with Crippen molar-refractivity contribution >= 4 is 40.2 Å². The van der Waals surface area contributed by atoms with Gasteiger partial charge in [0.1, 0.15) is 17.6 Å². The summed E-state index contributed by atoms with van der Waals surface area (Å²) in [5, 5.41) is 13.6. The molecule has 4 rings (SSSR count). The molecule has 1 saturated carbocycles. The third-order valence-corrected chi connectivity index (χ3v) is 8.81. The Kier molecular flexibility index (Phi) is 6.93. The lowest BCUT2D eigenvalue weighted by Crippen LogP contribution is -2.51. The van der Waals surface area contributed by atoms with E-state index < -0.39 is 11.6 Å². The molecule has 3 fully saturated rings. The van der Waals surface area contributed by atoms with Crippen LogP contribution in [0.1, 0.15) is 65.7 Å². The van der Waals surface area contributed by atoms with Crippen LogP contribution >= 0.6 is 11.3 Å². The molecule has 34 heavy (non-hydrogen) atoms. The van der Waals surface area contributed by atoms with E-state index in [0.717, 1.165) is 24.2 Å². The van der Waals surface area contributed by atoms with E-state index in [1.165, 1.54) is 11.3 Å². The van der Waals surface area contributed by atoms with E-state index in [2.05, 4.69) is 41.6 Å². The van der Waals surface area contributed by atoms with E-state index in [4.69, 9.17) is 0 Å². The third-order valence-electron chi connectivity index (χ3n) is 8.20. The van der Waals surface area contributed by atoms with Crippen molar-refractivity contribution < 1.29 is 19.2 Å². The monoisotopic (exact) mass is 490 g/mol. The first-order valence-corrected chi connectivity index (χ1v) is 13.0. The van der Waals surface area contributed by atoms with E-state index >= 15 is 0 Å². The topological polar surface area (TPSA) is 125 Å². The van der Waals surface area contributed by atoms with Gasteiger partial charge in [0.05, 0.1) is 0 Å². The molecule has 0 aromatic carbocycles. The Labute approximate surface area is 203 Å². The van der Waals surface area contributed by atoms with Gasteiger partial charge < -0.3 is 15.5 Å². The molecule has 0 bridgehead atoms. The van der Waals surface area contributed by atoms with Gasteiger partial charge in [-0.2, -0.15) is 0 Å². The number of anilines is 1. The van der Waals surface area contributed by atoms with Crippen molar-refractivity contribution in [1.82, 2.24) is 25.3 Å². The minimum atomic E-state index is -0.868. The summed E-state index contributed by atoms with van der Waals surface area (Å²) in [6.07, 6.45) is 5.13. The average molecular weight is 491 g/mol. The van der Waals surface area contributed by atoms with E-state index in [1.807, 2.05) is 0 Å². The number of hydrogen-bond acceptors (Lipinski definition) is 7. The predicted molar refractivity (Wildman–Crippen MR) is 127 cm³/mol. The van der Waals surface area contributed by atoms with Crippen molar-refractivity contribution in [1.29, 1.82) is 0 Å². The summed E-state index contributed by atoms with van der Waals surface area (Å²) >= 11 is 1.26. The zero-order valence-electron chi connectivity index (χ0n) is 20.1. The van der Waals surface area contributed by atoms with Crippen molar-refractivity contribution in [3.63, 3.8) is 0 Å². The summed E-state index contributed by atoms with van der Waals surface area (Å²) < 4.78 is 0. The molecule has 10 nitrogen and oxygen atoms in total. The van der Waals surface area contributed by atoms with E-state index in [9.17, 15) is 19.2 Å². The van der Waals surface area contributed by atoms with Gasteiger partial charge in [0.2, 0.25) is 16.9 Å². The number of hydrogen-bond donors (Lipinski definition) is 2. The lowest BCUT2D eigenvalue weighted by atomic mass is 9.65. The zero-order valence-corrected chi connectivity index (χ0v) is 20.9. The minimum Gasteiger partial charge on any atom is -0.341 e. The second kappa shape index (κ2) is 9.59. The number of urea groups is 1. The average Bonchev–Trinajstić information content (AvgIpc) is 3.42. The van der Waals surface area contributed by atoms with Crippen molar-refractivity contribution in [3.8, 4) is 0 Å². The van der Waals surface area contributed by atoms with Crippen LogP contribution in [-0.2, 0) is 14.4 Å². The summed E-state index contributed by atoms with van der Waals surface area (Å²) in [5.41, 5.74) is 0.894. The number of nitrogens with zero attached hydrogens (tertiary/aromatic N) is 4. The first-order valence-electron chi connectivity index (χ1n) is 12.1. The number of aromatic nitrogens is 2. The largest absolute Gasteiger partial charge is 0.341 e. The molecule has 1 aromatic rings. The number of imide groups is 1. The molecule has 11 heteroatoms. The molecule has 5 amide bonds. The standard InChI is InChI=1S/C23H34N6O4S/c1-4-22(2,3)16-5-9-23(10-6-16)19(32)29(21(33)26-23)13-17(30)28-11-7-15(8-12-28)18(31)25-20-27-24-14-34-20/h14-16H,4-13H2,1-3H3,(H,26,33)(H,25,27,31). The Hall–Kier alpha value is -2.56. The van der Waals surface area contributed by atoms with Crippen LogP contribution in [0.25, 0.3) is 0 Å². The molecule has 186 valence electrons. The quantitative estimate of drug-likeness (QED) is 0.591. The third kappa shape index (κ3) is 4.80. The second-order valence-electron chi connectivity index (χ2n) is 10.4. The Morgan fingerprint density at radius 3 is 2.47 bits per heavy atom. The molecular formula is C23H34N6O4S. The smallest absolute Gasteiger partial charge is 0.325 e. The van der Waals surface area contributed by atoms with Crippen LogP contribution in [0, 0.1) is 17.3 Å². The normalized spacial score (nSPS) is 26.1. The summed E-state index contributed by atoms with van der Waals surface area (Å²) in [5.74, 6) is -0.347. The Morgan fingerprint density at radius 2 is 1.88 bits per heavy atom. The molecule has 2 saturated heterocycles.